The number of aliphatic hydroxyl groups is 1. The lowest BCUT2D eigenvalue weighted by Gasteiger charge is -2.28. The minimum absolute atomic E-state index is 0. The van der Waals surface area contributed by atoms with Gasteiger partial charge in [-0.3, -0.25) is 4.99 Å². The molecule has 2 aromatic rings. The second-order valence-electron chi connectivity index (χ2n) is 6.79. The first kappa shape index (κ1) is 21.5. The van der Waals surface area contributed by atoms with Gasteiger partial charge in [0.05, 0.1) is 13.7 Å². The van der Waals surface area contributed by atoms with E-state index < -0.39 is 5.60 Å². The summed E-state index contributed by atoms with van der Waals surface area (Å²) in [5, 5.41) is 14.4. The highest BCUT2D eigenvalue weighted by atomic mass is 127. The fraction of sp³-hybridized carbons (Fsp3) is 0.381. The van der Waals surface area contributed by atoms with E-state index in [0.29, 0.717) is 6.54 Å². The normalized spacial score (nSPS) is 18.4. The number of aliphatic imine (C=N–C) groups is 1. The maximum atomic E-state index is 11.1. The Bertz CT molecular complexity index is 779. The number of benzene rings is 2. The smallest absolute Gasteiger partial charge is 0.193 e. The molecule has 3 rings (SSSR count). The van der Waals surface area contributed by atoms with Crippen LogP contribution in [0.25, 0.3) is 0 Å². The van der Waals surface area contributed by atoms with Crippen LogP contribution in [0.2, 0.25) is 0 Å². The Morgan fingerprint density at radius 2 is 1.93 bits per heavy atom. The Morgan fingerprint density at radius 3 is 2.59 bits per heavy atom. The molecule has 2 aromatic carbocycles. The lowest BCUT2D eigenvalue weighted by molar-refractivity contribution is 0.0427. The van der Waals surface area contributed by atoms with Gasteiger partial charge in [-0.15, -0.1) is 24.0 Å². The van der Waals surface area contributed by atoms with Crippen LogP contribution in [0, 0.1) is 0 Å². The number of hydrogen-bond acceptors (Lipinski definition) is 3. The number of fused-ring (bicyclic) bond motifs is 1. The van der Waals surface area contributed by atoms with Gasteiger partial charge in [0, 0.05) is 20.6 Å². The average molecular weight is 481 g/mol. The van der Waals surface area contributed by atoms with Gasteiger partial charge in [0.25, 0.3) is 0 Å². The predicted molar refractivity (Wildman–Crippen MR) is 120 cm³/mol. The fourth-order valence-electron chi connectivity index (χ4n) is 3.54. The van der Waals surface area contributed by atoms with Gasteiger partial charge >= 0.3 is 0 Å². The Kier molecular flexibility index (Phi) is 7.49. The fourth-order valence-corrected chi connectivity index (χ4v) is 3.54. The summed E-state index contributed by atoms with van der Waals surface area (Å²) in [7, 11) is 5.42. The number of ether oxygens (including phenoxy) is 1. The number of rotatable bonds is 5. The molecule has 0 bridgehead atoms. The molecule has 1 aliphatic carbocycles. The van der Waals surface area contributed by atoms with Crippen LogP contribution in [0.4, 0.5) is 0 Å². The van der Waals surface area contributed by atoms with Crippen LogP contribution in [-0.2, 0) is 18.6 Å². The minimum Gasteiger partial charge on any atom is -0.497 e. The van der Waals surface area contributed by atoms with Crippen molar-refractivity contribution in [1.29, 1.82) is 0 Å². The molecular weight excluding hydrogens is 453 g/mol. The summed E-state index contributed by atoms with van der Waals surface area (Å²) >= 11 is 0. The number of methoxy groups -OCH3 is 1. The number of nitrogens with one attached hydrogen (secondary N) is 1. The summed E-state index contributed by atoms with van der Waals surface area (Å²) in [4.78, 5) is 6.41. The van der Waals surface area contributed by atoms with E-state index in [2.05, 4.69) is 16.4 Å². The van der Waals surface area contributed by atoms with Crippen LogP contribution < -0.4 is 10.1 Å². The number of aryl methyl sites for hydroxylation is 1. The largest absolute Gasteiger partial charge is 0.497 e. The van der Waals surface area contributed by atoms with E-state index in [-0.39, 0.29) is 24.0 Å². The summed E-state index contributed by atoms with van der Waals surface area (Å²) in [6, 6.07) is 16.1. The second kappa shape index (κ2) is 9.41. The molecule has 1 aliphatic rings. The zero-order valence-electron chi connectivity index (χ0n) is 16.1. The summed E-state index contributed by atoms with van der Waals surface area (Å²) in [6.45, 7) is 1.17. The third-order valence-corrected chi connectivity index (χ3v) is 5.02. The molecule has 1 atom stereocenters. The van der Waals surface area contributed by atoms with E-state index >= 15 is 0 Å². The van der Waals surface area contributed by atoms with Crippen LogP contribution >= 0.6 is 24.0 Å². The number of nitrogens with zero attached hydrogens (tertiary/aromatic N) is 2. The van der Waals surface area contributed by atoms with Crippen LogP contribution in [0.5, 0.6) is 5.75 Å². The van der Waals surface area contributed by atoms with Gasteiger partial charge in [-0.05, 0) is 41.7 Å². The van der Waals surface area contributed by atoms with E-state index in [1.54, 1.807) is 14.2 Å². The van der Waals surface area contributed by atoms with Crippen molar-refractivity contribution >= 4 is 29.9 Å². The van der Waals surface area contributed by atoms with Crippen LogP contribution in [0.1, 0.15) is 23.1 Å². The number of hydrogen-bond donors (Lipinski definition) is 2. The first-order valence-corrected chi connectivity index (χ1v) is 8.91. The van der Waals surface area contributed by atoms with Crippen molar-refractivity contribution in [2.24, 2.45) is 4.99 Å². The number of halogens is 1. The van der Waals surface area contributed by atoms with Crippen molar-refractivity contribution in [3.63, 3.8) is 0 Å². The van der Waals surface area contributed by atoms with Gasteiger partial charge in [0.2, 0.25) is 0 Å². The maximum absolute atomic E-state index is 11.1. The highest BCUT2D eigenvalue weighted by molar-refractivity contribution is 14.0. The first-order valence-electron chi connectivity index (χ1n) is 8.91. The topological polar surface area (TPSA) is 57.1 Å². The van der Waals surface area contributed by atoms with Gasteiger partial charge in [-0.25, -0.2) is 0 Å². The molecule has 0 aliphatic heterocycles. The average Bonchev–Trinajstić information content (AvgIpc) is 3.00. The Labute approximate surface area is 178 Å². The SMILES string of the molecule is CN=C(NCC1(O)CCc2ccccc21)N(C)Cc1ccc(OC)cc1.I. The number of guanidine groups is 1. The Hall–Kier alpha value is -1.80. The predicted octanol–water partition coefficient (Wildman–Crippen LogP) is 3.15. The Morgan fingerprint density at radius 1 is 1.22 bits per heavy atom. The second-order valence-corrected chi connectivity index (χ2v) is 6.79. The van der Waals surface area contributed by atoms with Crippen molar-refractivity contribution in [2.75, 3.05) is 27.7 Å². The van der Waals surface area contributed by atoms with Crippen molar-refractivity contribution in [3.8, 4) is 5.75 Å². The molecule has 146 valence electrons. The van der Waals surface area contributed by atoms with Crippen LogP contribution in [0.15, 0.2) is 53.5 Å². The molecule has 2 N–H and O–H groups in total. The van der Waals surface area contributed by atoms with E-state index in [1.165, 1.54) is 11.1 Å². The zero-order chi connectivity index (χ0) is 18.6. The van der Waals surface area contributed by atoms with Gasteiger partial charge in [-0.2, -0.15) is 0 Å². The quantitative estimate of drug-likeness (QED) is 0.392. The van der Waals surface area contributed by atoms with Gasteiger partial charge in [0.15, 0.2) is 5.96 Å². The lowest BCUT2D eigenvalue weighted by atomic mass is 9.96. The third kappa shape index (κ3) is 4.93. The molecule has 0 amide bonds. The molecule has 1 unspecified atom stereocenters. The third-order valence-electron chi connectivity index (χ3n) is 5.02. The molecule has 5 nitrogen and oxygen atoms in total. The highest BCUT2D eigenvalue weighted by Gasteiger charge is 2.36. The molecule has 0 heterocycles. The molecule has 0 radical (unpaired) electrons. The summed E-state index contributed by atoms with van der Waals surface area (Å²) < 4.78 is 5.20. The van der Waals surface area contributed by atoms with Crippen molar-refractivity contribution in [1.82, 2.24) is 10.2 Å². The van der Waals surface area contributed by atoms with Gasteiger partial charge < -0.3 is 20.1 Å². The van der Waals surface area contributed by atoms with Gasteiger partial charge in [-0.1, -0.05) is 36.4 Å². The zero-order valence-corrected chi connectivity index (χ0v) is 18.4. The summed E-state index contributed by atoms with van der Waals surface area (Å²) in [6.07, 6.45) is 1.65. The van der Waals surface area contributed by atoms with E-state index in [1.807, 2.05) is 54.4 Å². The minimum atomic E-state index is -0.840. The van der Waals surface area contributed by atoms with Crippen molar-refractivity contribution in [2.45, 2.75) is 25.0 Å². The monoisotopic (exact) mass is 481 g/mol. The molecule has 0 spiro atoms. The van der Waals surface area contributed by atoms with E-state index in [4.69, 9.17) is 4.74 Å². The van der Waals surface area contributed by atoms with Crippen LogP contribution in [-0.4, -0.2) is 43.7 Å². The molecule has 0 aromatic heterocycles. The summed E-state index contributed by atoms with van der Waals surface area (Å²) in [5.41, 5.74) is 2.59. The molecule has 6 heteroatoms. The molecule has 0 saturated heterocycles. The molecule has 0 saturated carbocycles. The Balaban J connectivity index is 0.00000261. The van der Waals surface area contributed by atoms with Crippen molar-refractivity contribution in [3.05, 3.63) is 65.2 Å². The molecular formula is C21H28IN3O2. The standard InChI is InChI=1S/C21H27N3O2.HI/c1-22-20(24(2)14-16-8-10-18(26-3)11-9-16)23-15-21(25)13-12-17-6-4-5-7-19(17)21;/h4-11,25H,12-15H2,1-3H3,(H,22,23);1H. The first-order chi connectivity index (χ1) is 12.6. The maximum Gasteiger partial charge on any atom is 0.193 e. The molecule has 27 heavy (non-hydrogen) atoms. The van der Waals surface area contributed by atoms with Crippen molar-refractivity contribution < 1.29 is 9.84 Å². The summed E-state index contributed by atoms with van der Waals surface area (Å²) in [5.74, 6) is 1.61. The molecule has 0 fully saturated rings. The van der Waals surface area contributed by atoms with Gasteiger partial charge in [0.1, 0.15) is 11.4 Å². The highest BCUT2D eigenvalue weighted by Crippen LogP contribution is 2.36. The van der Waals surface area contributed by atoms with E-state index in [0.717, 1.165) is 36.7 Å². The van der Waals surface area contributed by atoms with Crippen LogP contribution in [0.3, 0.4) is 0 Å². The van der Waals surface area contributed by atoms with E-state index in [9.17, 15) is 5.11 Å². The lowest BCUT2D eigenvalue weighted by Crippen LogP contribution is -2.45.